The molecule has 64 heavy (non-hydrogen) atoms. The first kappa shape index (κ1) is 47.8. The van der Waals surface area contributed by atoms with Crippen molar-refractivity contribution in [2.24, 2.45) is 11.8 Å². The number of benzene rings is 4. The van der Waals surface area contributed by atoms with Gasteiger partial charge in [-0.1, -0.05) is 139 Å². The van der Waals surface area contributed by atoms with Gasteiger partial charge in [-0.2, -0.15) is 0 Å². The molecular weight excluding hydrogens is 809 g/mol. The number of para-hydroxylation sites is 2. The van der Waals surface area contributed by atoms with Gasteiger partial charge in [0.1, 0.15) is 35.4 Å². The molecule has 0 aliphatic carbocycles. The molecule has 2 fully saturated rings. The largest absolute Gasteiger partial charge is 0.497 e. The van der Waals surface area contributed by atoms with Crippen molar-refractivity contribution in [3.05, 3.63) is 120 Å². The second-order valence-corrected chi connectivity index (χ2v) is 16.7. The lowest BCUT2D eigenvalue weighted by molar-refractivity contribution is -0.154. The maximum Gasteiger partial charge on any atom is 0.313 e. The lowest BCUT2D eigenvalue weighted by atomic mass is 9.81. The SMILES string of the molecule is CCCCCCCCOC(=O)[C@@H]1[C@@H](C(=O)Nc2ccccc2)N2[C@@H](c3ccc(OC)cc3)[C@H](C(=O)OCCCCCCCC)[C@H](C(=O)Nc3ccccc3)N2[C@@H]1c1ccc(OC)cc1. The van der Waals surface area contributed by atoms with Crippen LogP contribution in [-0.2, 0) is 28.7 Å². The van der Waals surface area contributed by atoms with Gasteiger partial charge in [-0.15, -0.1) is 0 Å². The van der Waals surface area contributed by atoms with Crippen LogP contribution in [0.5, 0.6) is 11.5 Å². The van der Waals surface area contributed by atoms with E-state index in [1.807, 2.05) is 60.7 Å². The highest BCUT2D eigenvalue weighted by Gasteiger charge is 2.68. The van der Waals surface area contributed by atoms with Gasteiger partial charge in [0.05, 0.1) is 39.5 Å². The minimum Gasteiger partial charge on any atom is -0.497 e. The van der Waals surface area contributed by atoms with Gasteiger partial charge >= 0.3 is 11.9 Å². The van der Waals surface area contributed by atoms with Gasteiger partial charge in [0.2, 0.25) is 11.8 Å². The summed E-state index contributed by atoms with van der Waals surface area (Å²) in [7, 11) is 3.15. The van der Waals surface area contributed by atoms with E-state index in [0.29, 0.717) is 46.8 Å². The summed E-state index contributed by atoms with van der Waals surface area (Å²) >= 11 is 0. The van der Waals surface area contributed by atoms with Gasteiger partial charge in [-0.05, 0) is 72.5 Å². The molecule has 2 saturated heterocycles. The zero-order valence-electron chi connectivity index (χ0n) is 37.9. The summed E-state index contributed by atoms with van der Waals surface area (Å²) in [6.45, 7) is 4.70. The highest BCUT2D eigenvalue weighted by Crippen LogP contribution is 2.56. The van der Waals surface area contributed by atoms with Gasteiger partial charge in [-0.3, -0.25) is 19.2 Å². The second kappa shape index (κ2) is 24.4. The molecule has 2 heterocycles. The van der Waals surface area contributed by atoms with Crippen LogP contribution in [0, 0.1) is 11.8 Å². The van der Waals surface area contributed by atoms with E-state index in [9.17, 15) is 9.59 Å². The Morgan fingerprint density at radius 3 is 1.16 bits per heavy atom. The molecule has 0 radical (unpaired) electrons. The lowest BCUT2D eigenvalue weighted by Crippen LogP contribution is -2.49. The smallest absolute Gasteiger partial charge is 0.313 e. The molecule has 12 heteroatoms. The molecule has 4 aromatic carbocycles. The molecule has 2 N–H and O–H groups in total. The number of amides is 2. The molecule has 0 saturated carbocycles. The molecule has 0 aromatic heterocycles. The molecular formula is C52H66N4O8. The van der Waals surface area contributed by atoms with Crippen LogP contribution >= 0.6 is 0 Å². The summed E-state index contributed by atoms with van der Waals surface area (Å²) in [6.07, 6.45) is 12.0. The summed E-state index contributed by atoms with van der Waals surface area (Å²) in [5.41, 5.74) is 2.32. The quantitative estimate of drug-likeness (QED) is 0.0517. The number of methoxy groups -OCH3 is 2. The van der Waals surface area contributed by atoms with Crippen LogP contribution in [0.25, 0.3) is 0 Å². The Morgan fingerprint density at radius 1 is 0.469 bits per heavy atom. The Balaban J connectivity index is 1.51. The molecule has 2 amide bonds. The maximum absolute atomic E-state index is 15.2. The summed E-state index contributed by atoms with van der Waals surface area (Å²) in [4.78, 5) is 60.4. The van der Waals surface area contributed by atoms with Crippen molar-refractivity contribution >= 4 is 35.1 Å². The third-order valence-electron chi connectivity index (χ3n) is 12.3. The number of nitrogens with zero attached hydrogens (tertiary/aromatic N) is 2. The van der Waals surface area contributed by atoms with E-state index < -0.39 is 59.8 Å². The topological polar surface area (TPSA) is 136 Å². The van der Waals surface area contributed by atoms with Gasteiger partial charge in [0.25, 0.3) is 0 Å². The first-order valence-electron chi connectivity index (χ1n) is 23.2. The zero-order valence-corrected chi connectivity index (χ0v) is 37.9. The number of ether oxygens (including phenoxy) is 4. The summed E-state index contributed by atoms with van der Waals surface area (Å²) < 4.78 is 23.4. The number of hydrazine groups is 1. The summed E-state index contributed by atoms with van der Waals surface area (Å²) in [6, 6.07) is 28.2. The van der Waals surface area contributed by atoms with Crippen LogP contribution in [0.15, 0.2) is 109 Å². The van der Waals surface area contributed by atoms with Crippen molar-refractivity contribution < 1.29 is 38.1 Å². The maximum atomic E-state index is 15.2. The molecule has 4 aromatic rings. The van der Waals surface area contributed by atoms with E-state index in [1.165, 1.54) is 0 Å². The Kier molecular flexibility index (Phi) is 18.2. The van der Waals surface area contributed by atoms with E-state index in [-0.39, 0.29) is 13.2 Å². The van der Waals surface area contributed by atoms with E-state index in [4.69, 9.17) is 18.9 Å². The van der Waals surface area contributed by atoms with Gasteiger partial charge in [0, 0.05) is 11.4 Å². The first-order valence-corrected chi connectivity index (χ1v) is 23.2. The normalized spacial score (nSPS) is 20.6. The number of hydrogen-bond acceptors (Lipinski definition) is 10. The molecule has 0 unspecified atom stereocenters. The van der Waals surface area contributed by atoms with E-state index >= 15 is 9.59 Å². The number of anilines is 2. The Morgan fingerprint density at radius 2 is 0.812 bits per heavy atom. The fourth-order valence-electron chi connectivity index (χ4n) is 9.11. The van der Waals surface area contributed by atoms with Gasteiger partial charge in [0.15, 0.2) is 0 Å². The van der Waals surface area contributed by atoms with Crippen molar-refractivity contribution in [3.63, 3.8) is 0 Å². The standard InChI is InChI=1S/C52H66N4O8/c1-5-7-9-11-13-21-35-63-51(59)43-45(37-27-31-41(61-3)32-28-37)55-48(50(58)54-40-25-19-16-20-26-40)44(52(60)64-36-22-14-12-10-8-6-2)46(38-29-33-42(62-4)34-30-38)56(55)47(43)49(57)53-39-23-17-15-18-24-39/h15-20,23-34,43-48H,5-14,21-22,35-36H2,1-4H3,(H,53,57)(H,54,58)/t43-,44-,45-,46+,47+,48-/m0/s1. The average Bonchev–Trinajstić information content (AvgIpc) is 3.85. The highest BCUT2D eigenvalue weighted by atomic mass is 16.5. The van der Waals surface area contributed by atoms with Crippen LogP contribution in [-0.4, -0.2) is 73.3 Å². The first-order chi connectivity index (χ1) is 31.3. The Hall–Kier alpha value is -5.72. The number of hydrogen-bond donors (Lipinski definition) is 2. The summed E-state index contributed by atoms with van der Waals surface area (Å²) in [5, 5.41) is 9.73. The predicted octanol–water partition coefficient (Wildman–Crippen LogP) is 10.1. The second-order valence-electron chi connectivity index (χ2n) is 16.7. The highest BCUT2D eigenvalue weighted by molar-refractivity contribution is 6.01. The van der Waals surface area contributed by atoms with Crippen LogP contribution in [0.3, 0.4) is 0 Å². The fourth-order valence-corrected chi connectivity index (χ4v) is 9.11. The number of carbonyl (C=O) groups is 4. The van der Waals surface area contributed by atoms with E-state index in [0.717, 1.165) is 64.2 Å². The number of fused-ring (bicyclic) bond motifs is 1. The van der Waals surface area contributed by atoms with Crippen LogP contribution < -0.4 is 20.1 Å². The molecule has 12 nitrogen and oxygen atoms in total. The van der Waals surface area contributed by atoms with Gasteiger partial charge < -0.3 is 29.6 Å². The molecule has 2 aliphatic heterocycles. The Labute approximate surface area is 378 Å². The number of unbranched alkanes of at least 4 members (excludes halogenated alkanes) is 10. The molecule has 0 spiro atoms. The monoisotopic (exact) mass is 874 g/mol. The lowest BCUT2D eigenvalue weighted by Gasteiger charge is -2.33. The average molecular weight is 875 g/mol. The minimum absolute atomic E-state index is 0.178. The van der Waals surface area contributed by atoms with Gasteiger partial charge in [-0.25, -0.2) is 10.0 Å². The van der Waals surface area contributed by atoms with E-state index in [2.05, 4.69) is 24.5 Å². The Bertz CT molecular complexity index is 1920. The predicted molar refractivity (Wildman–Crippen MR) is 249 cm³/mol. The number of nitrogens with one attached hydrogen (secondary N) is 2. The third kappa shape index (κ3) is 11.9. The number of rotatable bonds is 24. The van der Waals surface area contributed by atoms with Crippen molar-refractivity contribution in [3.8, 4) is 11.5 Å². The molecule has 342 valence electrons. The van der Waals surface area contributed by atoms with Crippen LogP contribution in [0.2, 0.25) is 0 Å². The van der Waals surface area contributed by atoms with E-state index in [1.54, 1.807) is 72.8 Å². The van der Waals surface area contributed by atoms with Crippen molar-refractivity contribution in [1.82, 2.24) is 10.0 Å². The minimum atomic E-state index is -1.25. The summed E-state index contributed by atoms with van der Waals surface area (Å²) in [5.74, 6) is -3.25. The molecule has 0 bridgehead atoms. The van der Waals surface area contributed by atoms with Crippen molar-refractivity contribution in [2.45, 2.75) is 115 Å². The van der Waals surface area contributed by atoms with Crippen LogP contribution in [0.1, 0.15) is 114 Å². The van der Waals surface area contributed by atoms with Crippen LogP contribution in [0.4, 0.5) is 11.4 Å². The number of carbonyl (C=O) groups excluding carboxylic acids is 4. The molecule has 2 aliphatic rings. The van der Waals surface area contributed by atoms with Crippen molar-refractivity contribution in [1.29, 1.82) is 0 Å². The zero-order chi connectivity index (χ0) is 45.3. The fraction of sp³-hybridized carbons (Fsp3) is 0.462. The number of esters is 2. The molecule has 6 atom stereocenters. The van der Waals surface area contributed by atoms with Crippen molar-refractivity contribution in [2.75, 3.05) is 38.1 Å². The molecule has 6 rings (SSSR count). The third-order valence-corrected chi connectivity index (χ3v) is 12.3.